The third kappa shape index (κ3) is 7.57. The second-order valence-corrected chi connectivity index (χ2v) is 19.1. The summed E-state index contributed by atoms with van der Waals surface area (Å²) in [5.41, 5.74) is 4.36. The third-order valence-corrected chi connectivity index (χ3v) is 14.4. The number of alkyl carbamates (subject to hydrolysis) is 2. The average Bonchev–Trinajstić information content (AvgIpc) is 4.20. The zero-order valence-electron chi connectivity index (χ0n) is 38.2. The Labute approximate surface area is 385 Å². The van der Waals surface area contributed by atoms with Crippen LogP contribution in [0.3, 0.4) is 0 Å². The number of alkyl halides is 2. The third-order valence-electron chi connectivity index (χ3n) is 14.4. The number of imidazole rings is 2. The lowest BCUT2D eigenvalue weighted by Gasteiger charge is -2.37. The van der Waals surface area contributed by atoms with Crippen molar-refractivity contribution in [3.05, 3.63) is 83.6 Å². The molecule has 18 heteroatoms. The Balaban J connectivity index is 0.902. The number of ether oxygens (including phenoxy) is 4. The van der Waals surface area contributed by atoms with Crippen LogP contribution in [-0.2, 0) is 34.5 Å². The first kappa shape index (κ1) is 44.4. The van der Waals surface area contributed by atoms with E-state index in [2.05, 4.69) is 25.6 Å². The highest BCUT2D eigenvalue weighted by Crippen LogP contribution is 2.54. The van der Waals surface area contributed by atoms with Gasteiger partial charge in [-0.3, -0.25) is 9.59 Å². The number of nitrogens with zero attached hydrogens (tertiary/aromatic N) is 4. The summed E-state index contributed by atoms with van der Waals surface area (Å²) in [4.78, 5) is 72.4. The molecular formula is C49H54F2N8O8. The van der Waals surface area contributed by atoms with E-state index in [0.717, 1.165) is 30.3 Å². The number of benzene rings is 3. The molecular weight excluding hydrogens is 867 g/mol. The molecule has 16 nitrogen and oxygen atoms in total. The van der Waals surface area contributed by atoms with Gasteiger partial charge in [0.2, 0.25) is 11.8 Å². The fraction of sp³-hybridized carbons (Fsp3) is 0.469. The molecule has 3 saturated heterocycles. The normalized spacial score (nSPS) is 23.0. The van der Waals surface area contributed by atoms with Crippen LogP contribution in [0.15, 0.2) is 60.8 Å². The number of likely N-dealkylation sites (tertiary alicyclic amines) is 2. The predicted molar refractivity (Wildman–Crippen MR) is 240 cm³/mol. The zero-order valence-corrected chi connectivity index (χ0v) is 38.2. The highest BCUT2D eigenvalue weighted by Gasteiger charge is 2.54. The van der Waals surface area contributed by atoms with Crippen molar-refractivity contribution in [1.29, 1.82) is 0 Å². The molecule has 4 fully saturated rings. The van der Waals surface area contributed by atoms with Gasteiger partial charge in [0.25, 0.3) is 5.92 Å². The summed E-state index contributed by atoms with van der Waals surface area (Å²) in [5, 5.41) is 5.38. The number of hydrogen-bond acceptors (Lipinski definition) is 10. The first-order valence-corrected chi connectivity index (χ1v) is 22.9. The van der Waals surface area contributed by atoms with E-state index in [1.54, 1.807) is 35.4 Å². The number of hydrogen-bond donors (Lipinski definition) is 4. The number of aromatic amines is 2. The van der Waals surface area contributed by atoms with Gasteiger partial charge in [-0.15, -0.1) is 0 Å². The molecule has 3 aromatic carbocycles. The lowest BCUT2D eigenvalue weighted by molar-refractivity contribution is -0.153. The van der Waals surface area contributed by atoms with Crippen molar-refractivity contribution < 1.29 is 46.9 Å². The Morgan fingerprint density at radius 2 is 1.40 bits per heavy atom. The van der Waals surface area contributed by atoms with Gasteiger partial charge in [0.15, 0.2) is 5.79 Å². The number of amides is 4. The number of methoxy groups -OCH3 is 2. The van der Waals surface area contributed by atoms with E-state index in [4.69, 9.17) is 23.9 Å². The van der Waals surface area contributed by atoms with Crippen molar-refractivity contribution in [3.63, 3.8) is 0 Å². The summed E-state index contributed by atoms with van der Waals surface area (Å²) < 4.78 is 55.1. The molecule has 0 radical (unpaired) electrons. The summed E-state index contributed by atoms with van der Waals surface area (Å²) in [6.07, 6.45) is 3.15. The molecule has 3 aliphatic heterocycles. The lowest BCUT2D eigenvalue weighted by atomic mass is 9.95. The molecule has 2 bridgehead atoms. The highest BCUT2D eigenvalue weighted by atomic mass is 19.3. The Morgan fingerprint density at radius 1 is 0.791 bits per heavy atom. The Hall–Kier alpha value is -6.40. The number of aromatic nitrogens is 4. The molecule has 4 amide bonds. The van der Waals surface area contributed by atoms with Crippen LogP contribution in [0.4, 0.5) is 18.4 Å². The number of H-pyrrole nitrogens is 2. The van der Waals surface area contributed by atoms with Crippen LogP contribution in [-0.4, -0.2) is 112 Å². The van der Waals surface area contributed by atoms with Gasteiger partial charge in [-0.25, -0.2) is 19.6 Å². The molecule has 1 unspecified atom stereocenters. The molecule has 2 aromatic heterocycles. The van der Waals surface area contributed by atoms with Crippen LogP contribution >= 0.6 is 0 Å². The van der Waals surface area contributed by atoms with E-state index >= 15 is 8.78 Å². The van der Waals surface area contributed by atoms with Crippen LogP contribution in [0.1, 0.15) is 88.2 Å². The summed E-state index contributed by atoms with van der Waals surface area (Å²) in [6, 6.07) is 13.2. The van der Waals surface area contributed by atoms with E-state index in [1.165, 1.54) is 20.3 Å². The number of fused-ring (bicyclic) bond motifs is 6. The number of carbonyl (C=O) groups is 4. The number of piperidine rings is 1. The molecule has 4 N–H and O–H groups in total. The Kier molecular flexibility index (Phi) is 11.1. The van der Waals surface area contributed by atoms with Gasteiger partial charge in [-0.2, -0.15) is 8.78 Å². The van der Waals surface area contributed by atoms with E-state index in [1.807, 2.05) is 56.9 Å². The number of nitrogens with one attached hydrogen (secondary N) is 4. The molecule has 5 aliphatic rings. The maximum Gasteiger partial charge on any atom is 0.407 e. The van der Waals surface area contributed by atoms with Crippen LogP contribution in [0.25, 0.3) is 44.5 Å². The van der Waals surface area contributed by atoms with Crippen molar-refractivity contribution in [2.24, 2.45) is 17.8 Å². The van der Waals surface area contributed by atoms with Crippen LogP contribution in [0, 0.1) is 17.8 Å². The van der Waals surface area contributed by atoms with Crippen LogP contribution < -0.4 is 10.6 Å². The van der Waals surface area contributed by atoms with Crippen molar-refractivity contribution in [2.45, 2.75) is 95.3 Å². The van der Waals surface area contributed by atoms with Crippen molar-refractivity contribution in [1.82, 2.24) is 40.4 Å². The summed E-state index contributed by atoms with van der Waals surface area (Å²) >= 11 is 0. The van der Waals surface area contributed by atoms with Gasteiger partial charge in [-0.05, 0) is 83.5 Å². The second kappa shape index (κ2) is 16.7. The van der Waals surface area contributed by atoms with E-state index in [-0.39, 0.29) is 65.7 Å². The molecule has 10 rings (SSSR count). The molecule has 1 spiro atoms. The minimum atomic E-state index is -3.32. The summed E-state index contributed by atoms with van der Waals surface area (Å²) in [7, 11) is 2.51. The molecule has 1 saturated carbocycles. The highest BCUT2D eigenvalue weighted by molar-refractivity contribution is 5.89. The van der Waals surface area contributed by atoms with Crippen LogP contribution in [0.5, 0.6) is 0 Å². The monoisotopic (exact) mass is 920 g/mol. The maximum absolute atomic E-state index is 16.7. The van der Waals surface area contributed by atoms with Crippen molar-refractivity contribution >= 4 is 35.0 Å². The molecule has 5 aromatic rings. The topological polar surface area (TPSA) is 193 Å². The van der Waals surface area contributed by atoms with Gasteiger partial charge >= 0.3 is 12.2 Å². The van der Waals surface area contributed by atoms with E-state index < -0.39 is 42.0 Å². The lowest BCUT2D eigenvalue weighted by Crippen LogP contribution is -2.54. The van der Waals surface area contributed by atoms with Gasteiger partial charge in [-0.1, -0.05) is 58.0 Å². The van der Waals surface area contributed by atoms with E-state index in [9.17, 15) is 19.2 Å². The standard InChI is InChI=1S/C49H54F2N8O8/c1-24(2)39(56-46(62)64-5)44(60)58-23-48(66-15-16-67-48)21-38(58)42-52-22-37(55-42)28-9-13-32-31-12-8-26(18-33(31)49(50,51)34(32)19-28)27-10-14-35-36(20-27)54-43(53-35)41-29-7-11-30(17-29)59(41)45(61)40(25(3)4)57-47(63)65-6/h8-10,12-14,18-20,22,24-25,29-30,38-41H,7,11,15-17,21,23H2,1-6H3,(H,52,55)(H,53,54)(H,56,62)(H,57,63)/t29?,30-,38+,39+,40+,41+/m1/s1. The largest absolute Gasteiger partial charge is 0.453 e. The minimum Gasteiger partial charge on any atom is -0.453 e. The second-order valence-electron chi connectivity index (χ2n) is 19.1. The number of halogens is 2. The fourth-order valence-corrected chi connectivity index (χ4v) is 11.0. The Bertz CT molecular complexity index is 2780. The quantitative estimate of drug-likeness (QED) is 0.109. The smallest absolute Gasteiger partial charge is 0.407 e. The van der Waals surface area contributed by atoms with Gasteiger partial charge in [0.1, 0.15) is 23.7 Å². The average molecular weight is 921 g/mol. The van der Waals surface area contributed by atoms with E-state index in [0.29, 0.717) is 58.3 Å². The predicted octanol–water partition coefficient (Wildman–Crippen LogP) is 7.57. The molecule has 352 valence electrons. The fourth-order valence-electron chi connectivity index (χ4n) is 11.0. The Morgan fingerprint density at radius 3 is 2.06 bits per heavy atom. The minimum absolute atomic E-state index is 0.0366. The molecule has 6 atom stereocenters. The van der Waals surface area contributed by atoms with Crippen molar-refractivity contribution in [2.75, 3.05) is 34.0 Å². The van der Waals surface area contributed by atoms with Gasteiger partial charge in [0.05, 0.1) is 69.0 Å². The van der Waals surface area contributed by atoms with Gasteiger partial charge in [0, 0.05) is 29.2 Å². The zero-order chi connectivity index (χ0) is 47.1. The van der Waals surface area contributed by atoms with Crippen LogP contribution in [0.2, 0.25) is 0 Å². The first-order valence-electron chi connectivity index (χ1n) is 22.9. The van der Waals surface area contributed by atoms with Crippen molar-refractivity contribution in [3.8, 4) is 33.5 Å². The molecule has 67 heavy (non-hydrogen) atoms. The SMILES string of the molecule is COC(=O)N[C@H](C(=O)N1CC2(C[C@H]1c1ncc(-c3ccc4c(c3)C(F)(F)c3cc(-c5ccc6nc([C@@H]7C8CC[C@H](C8)N7C(=O)[C@@H](NC(=O)OC)C(C)C)[nH]c6c5)ccc3-4)[nH]1)OCCO2)C(C)C. The first-order chi connectivity index (χ1) is 32.1. The molecule has 5 heterocycles. The number of carbonyl (C=O) groups excluding carboxylic acids is 4. The maximum atomic E-state index is 16.7. The van der Waals surface area contributed by atoms with Gasteiger partial charge < -0.3 is 49.3 Å². The summed E-state index contributed by atoms with van der Waals surface area (Å²) in [6.45, 7) is 8.26. The number of rotatable bonds is 10. The molecule has 2 aliphatic carbocycles. The summed E-state index contributed by atoms with van der Waals surface area (Å²) in [5.74, 6) is -4.04.